The Kier molecular flexibility index (Phi) is 10.7. The SMILES string of the molecule is CCCCCCCCCCCCc1ccc(N=Nc2ccc(C(=O)O)cc2)cc1. The van der Waals surface area contributed by atoms with Crippen LogP contribution in [0.4, 0.5) is 11.4 Å². The van der Waals surface area contributed by atoms with Crippen LogP contribution in [0.2, 0.25) is 0 Å². The van der Waals surface area contributed by atoms with Crippen molar-refractivity contribution in [1.82, 2.24) is 0 Å². The largest absolute Gasteiger partial charge is 0.478 e. The molecule has 0 bridgehead atoms. The van der Waals surface area contributed by atoms with E-state index in [1.807, 2.05) is 12.1 Å². The summed E-state index contributed by atoms with van der Waals surface area (Å²) in [5.41, 5.74) is 3.04. The molecule has 29 heavy (non-hydrogen) atoms. The molecular weight excluding hydrogens is 360 g/mol. The summed E-state index contributed by atoms with van der Waals surface area (Å²) >= 11 is 0. The maximum atomic E-state index is 10.9. The number of benzene rings is 2. The molecule has 2 aromatic rings. The number of rotatable bonds is 14. The van der Waals surface area contributed by atoms with Gasteiger partial charge in [-0.3, -0.25) is 0 Å². The minimum absolute atomic E-state index is 0.250. The maximum absolute atomic E-state index is 10.9. The van der Waals surface area contributed by atoms with Crippen molar-refractivity contribution in [2.24, 2.45) is 10.2 Å². The van der Waals surface area contributed by atoms with Crippen LogP contribution in [0.25, 0.3) is 0 Å². The summed E-state index contributed by atoms with van der Waals surface area (Å²) in [7, 11) is 0. The number of aryl methyl sites for hydroxylation is 1. The molecule has 4 heteroatoms. The van der Waals surface area contributed by atoms with Crippen LogP contribution in [0.1, 0.15) is 87.1 Å². The molecule has 0 spiro atoms. The molecule has 1 N–H and O–H groups in total. The van der Waals surface area contributed by atoms with Gasteiger partial charge in [0.1, 0.15) is 0 Å². The number of hydrogen-bond donors (Lipinski definition) is 1. The second-order valence-corrected chi connectivity index (χ2v) is 7.65. The monoisotopic (exact) mass is 394 g/mol. The fourth-order valence-corrected chi connectivity index (χ4v) is 3.33. The molecule has 4 nitrogen and oxygen atoms in total. The van der Waals surface area contributed by atoms with Crippen molar-refractivity contribution in [3.63, 3.8) is 0 Å². The average molecular weight is 395 g/mol. The van der Waals surface area contributed by atoms with Crippen molar-refractivity contribution in [3.8, 4) is 0 Å². The molecular formula is C25H34N2O2. The van der Waals surface area contributed by atoms with Crippen molar-refractivity contribution in [2.45, 2.75) is 77.6 Å². The van der Waals surface area contributed by atoms with Crippen LogP contribution in [-0.2, 0) is 6.42 Å². The number of carboxylic acids is 1. The van der Waals surface area contributed by atoms with Crippen molar-refractivity contribution < 1.29 is 9.90 Å². The van der Waals surface area contributed by atoms with Gasteiger partial charge in [-0.15, -0.1) is 0 Å². The third kappa shape index (κ3) is 9.51. The van der Waals surface area contributed by atoms with Crippen LogP contribution in [0.3, 0.4) is 0 Å². The van der Waals surface area contributed by atoms with E-state index < -0.39 is 5.97 Å². The first-order valence-electron chi connectivity index (χ1n) is 11.0. The Labute approximate surface area is 175 Å². The third-order valence-electron chi connectivity index (χ3n) is 5.15. The third-order valence-corrected chi connectivity index (χ3v) is 5.15. The fourth-order valence-electron chi connectivity index (χ4n) is 3.33. The summed E-state index contributed by atoms with van der Waals surface area (Å²) in [6.45, 7) is 2.27. The van der Waals surface area contributed by atoms with E-state index in [2.05, 4.69) is 29.3 Å². The molecule has 0 amide bonds. The minimum Gasteiger partial charge on any atom is -0.478 e. The smallest absolute Gasteiger partial charge is 0.335 e. The Morgan fingerprint density at radius 1 is 0.690 bits per heavy atom. The lowest BCUT2D eigenvalue weighted by Crippen LogP contribution is -1.93. The number of aromatic carboxylic acids is 1. The van der Waals surface area contributed by atoms with Crippen LogP contribution < -0.4 is 0 Å². The van der Waals surface area contributed by atoms with Crippen molar-refractivity contribution in [2.75, 3.05) is 0 Å². The first-order valence-corrected chi connectivity index (χ1v) is 11.0. The Morgan fingerprint density at radius 2 is 1.14 bits per heavy atom. The molecule has 0 saturated carbocycles. The zero-order valence-electron chi connectivity index (χ0n) is 17.6. The highest BCUT2D eigenvalue weighted by Crippen LogP contribution is 2.20. The zero-order valence-corrected chi connectivity index (χ0v) is 17.6. The maximum Gasteiger partial charge on any atom is 0.335 e. The van der Waals surface area contributed by atoms with Gasteiger partial charge >= 0.3 is 5.97 Å². The number of unbranched alkanes of at least 4 members (excludes halogenated alkanes) is 9. The van der Waals surface area contributed by atoms with E-state index >= 15 is 0 Å². The predicted octanol–water partition coefficient (Wildman–Crippen LogP) is 8.26. The van der Waals surface area contributed by atoms with Gasteiger partial charge < -0.3 is 5.11 Å². The minimum atomic E-state index is -0.938. The lowest BCUT2D eigenvalue weighted by Gasteiger charge is -2.03. The predicted molar refractivity (Wildman–Crippen MR) is 120 cm³/mol. The normalized spacial score (nSPS) is 11.2. The van der Waals surface area contributed by atoms with Crippen LogP contribution in [0, 0.1) is 0 Å². The number of azo groups is 1. The molecule has 0 aliphatic heterocycles. The molecule has 2 aromatic carbocycles. The molecule has 156 valence electrons. The summed E-state index contributed by atoms with van der Waals surface area (Å²) in [4.78, 5) is 10.9. The number of carboxylic acid groups (broad SMARTS) is 1. The van der Waals surface area contributed by atoms with Gasteiger partial charge in [0.05, 0.1) is 16.9 Å². The van der Waals surface area contributed by atoms with E-state index in [1.165, 1.54) is 81.9 Å². The van der Waals surface area contributed by atoms with Gasteiger partial charge in [-0.25, -0.2) is 4.79 Å². The van der Waals surface area contributed by atoms with Gasteiger partial charge in [0.2, 0.25) is 0 Å². The van der Waals surface area contributed by atoms with Gasteiger partial charge in [-0.1, -0.05) is 76.8 Å². The van der Waals surface area contributed by atoms with Crippen LogP contribution in [0.5, 0.6) is 0 Å². The summed E-state index contributed by atoms with van der Waals surface area (Å²) in [6.07, 6.45) is 14.7. The second-order valence-electron chi connectivity index (χ2n) is 7.65. The highest BCUT2D eigenvalue weighted by Gasteiger charge is 2.01. The quantitative estimate of drug-likeness (QED) is 0.259. The Bertz CT molecular complexity index is 736. The molecule has 0 unspecified atom stereocenters. The summed E-state index contributed by atoms with van der Waals surface area (Å²) in [5.74, 6) is -0.938. The Morgan fingerprint density at radius 3 is 1.62 bits per heavy atom. The summed E-state index contributed by atoms with van der Waals surface area (Å²) < 4.78 is 0. The van der Waals surface area contributed by atoms with Gasteiger partial charge in [0.25, 0.3) is 0 Å². The van der Waals surface area contributed by atoms with Gasteiger partial charge in [-0.05, 0) is 54.8 Å². The lowest BCUT2D eigenvalue weighted by atomic mass is 10.0. The van der Waals surface area contributed by atoms with E-state index in [0.717, 1.165) is 12.1 Å². The molecule has 0 fully saturated rings. The van der Waals surface area contributed by atoms with Gasteiger partial charge in [0.15, 0.2) is 0 Å². The number of carbonyl (C=O) groups is 1. The highest BCUT2D eigenvalue weighted by atomic mass is 16.4. The molecule has 0 aromatic heterocycles. The van der Waals surface area contributed by atoms with Crippen LogP contribution >= 0.6 is 0 Å². The topological polar surface area (TPSA) is 62.0 Å². The van der Waals surface area contributed by atoms with E-state index in [1.54, 1.807) is 12.1 Å². The van der Waals surface area contributed by atoms with E-state index in [9.17, 15) is 4.79 Å². The van der Waals surface area contributed by atoms with Crippen LogP contribution in [-0.4, -0.2) is 11.1 Å². The highest BCUT2D eigenvalue weighted by molar-refractivity contribution is 5.87. The van der Waals surface area contributed by atoms with Crippen LogP contribution in [0.15, 0.2) is 58.8 Å². The van der Waals surface area contributed by atoms with Crippen molar-refractivity contribution >= 4 is 17.3 Å². The zero-order chi connectivity index (χ0) is 20.7. The van der Waals surface area contributed by atoms with E-state index in [4.69, 9.17) is 5.11 Å². The Balaban J connectivity index is 1.62. The molecule has 0 aliphatic carbocycles. The molecule has 0 atom stereocenters. The lowest BCUT2D eigenvalue weighted by molar-refractivity contribution is 0.0697. The molecule has 0 radical (unpaired) electrons. The average Bonchev–Trinajstić information content (AvgIpc) is 2.74. The van der Waals surface area contributed by atoms with E-state index in [0.29, 0.717) is 5.69 Å². The van der Waals surface area contributed by atoms with Gasteiger partial charge in [-0.2, -0.15) is 10.2 Å². The standard InChI is InChI=1S/C25H34N2O2/c1-2-3-4-5-6-7-8-9-10-11-12-21-13-17-23(18-14-21)26-27-24-19-15-22(16-20-24)25(28)29/h13-20H,2-12H2,1H3,(H,28,29). The Hall–Kier alpha value is -2.49. The summed E-state index contributed by atoms with van der Waals surface area (Å²) in [6, 6.07) is 14.6. The fraction of sp³-hybridized carbons (Fsp3) is 0.480. The second kappa shape index (κ2) is 13.6. The molecule has 2 rings (SSSR count). The first kappa shape index (κ1) is 22.8. The number of hydrogen-bond acceptors (Lipinski definition) is 3. The van der Waals surface area contributed by atoms with Gasteiger partial charge in [0, 0.05) is 0 Å². The summed E-state index contributed by atoms with van der Waals surface area (Å²) in [5, 5.41) is 17.3. The van der Waals surface area contributed by atoms with Crippen molar-refractivity contribution in [1.29, 1.82) is 0 Å². The first-order chi connectivity index (χ1) is 14.2. The molecule has 0 aliphatic rings. The molecule has 0 saturated heterocycles. The van der Waals surface area contributed by atoms with E-state index in [-0.39, 0.29) is 5.56 Å². The van der Waals surface area contributed by atoms with Crippen molar-refractivity contribution in [3.05, 3.63) is 59.7 Å². The molecule has 0 heterocycles. The number of nitrogens with zero attached hydrogens (tertiary/aromatic N) is 2.